The number of hydrogen-bond acceptors (Lipinski definition) is 3. The average Bonchev–Trinajstić information content (AvgIpc) is 2.51. The number of hydrogen-bond donors (Lipinski definition) is 1. The Bertz CT molecular complexity index is 614. The summed E-state index contributed by atoms with van der Waals surface area (Å²) in [7, 11) is 0. The van der Waals surface area contributed by atoms with Crippen molar-refractivity contribution in [3.8, 4) is 0 Å². The summed E-state index contributed by atoms with van der Waals surface area (Å²) in [6.07, 6.45) is -4.69. The third-order valence-corrected chi connectivity index (χ3v) is 2.54. The lowest BCUT2D eigenvalue weighted by molar-refractivity contribution is -0.141. The van der Waals surface area contributed by atoms with Crippen molar-refractivity contribution in [3.05, 3.63) is 26.3 Å². The van der Waals surface area contributed by atoms with Crippen LogP contribution in [0.25, 0.3) is 5.78 Å². The predicted octanol–water partition coefficient (Wildman–Crippen LogP) is 1.51. The fourth-order valence-corrected chi connectivity index (χ4v) is 1.68. The number of nitrogens with zero attached hydrogens (tertiary/aromatic N) is 3. The SMILES string of the molecule is Cc1nc2nc(C(F)(F)F)c(Br)c(=O)n2[nH]1. The van der Waals surface area contributed by atoms with E-state index in [0.717, 1.165) is 4.52 Å². The van der Waals surface area contributed by atoms with Gasteiger partial charge in [-0.25, -0.2) is 4.98 Å². The van der Waals surface area contributed by atoms with Crippen molar-refractivity contribution in [2.45, 2.75) is 13.1 Å². The number of nitrogens with one attached hydrogen (secondary N) is 1. The Morgan fingerprint density at radius 2 is 2.00 bits per heavy atom. The van der Waals surface area contributed by atoms with Gasteiger partial charge in [-0.15, -0.1) is 0 Å². The molecule has 2 rings (SSSR count). The zero-order chi connectivity index (χ0) is 12.1. The van der Waals surface area contributed by atoms with E-state index in [0.29, 0.717) is 5.82 Å². The van der Waals surface area contributed by atoms with E-state index in [1.165, 1.54) is 6.92 Å². The fraction of sp³-hybridized carbons (Fsp3) is 0.286. The van der Waals surface area contributed by atoms with Crippen LogP contribution in [-0.4, -0.2) is 19.6 Å². The van der Waals surface area contributed by atoms with Crippen LogP contribution in [0.15, 0.2) is 9.27 Å². The first-order chi connectivity index (χ1) is 7.30. The molecule has 0 amide bonds. The molecule has 1 N–H and O–H groups in total. The summed E-state index contributed by atoms with van der Waals surface area (Å²) < 4.78 is 37.7. The van der Waals surface area contributed by atoms with Gasteiger partial charge < -0.3 is 0 Å². The highest BCUT2D eigenvalue weighted by Gasteiger charge is 2.37. The van der Waals surface area contributed by atoms with E-state index in [2.05, 4.69) is 31.0 Å². The van der Waals surface area contributed by atoms with E-state index in [4.69, 9.17) is 0 Å². The minimum absolute atomic E-state index is 0.302. The van der Waals surface area contributed by atoms with Gasteiger partial charge in [-0.2, -0.15) is 22.7 Å². The van der Waals surface area contributed by atoms with Crippen molar-refractivity contribution in [1.29, 1.82) is 0 Å². The summed E-state index contributed by atoms with van der Waals surface area (Å²) in [6.45, 7) is 1.51. The van der Waals surface area contributed by atoms with Gasteiger partial charge in [0.2, 0.25) is 0 Å². The molecule has 0 spiro atoms. The topological polar surface area (TPSA) is 63.1 Å². The normalized spacial score (nSPS) is 12.3. The van der Waals surface area contributed by atoms with Gasteiger partial charge in [-0.3, -0.25) is 9.89 Å². The maximum atomic E-state index is 12.5. The predicted molar refractivity (Wildman–Crippen MR) is 51.0 cm³/mol. The molecule has 0 radical (unpaired) electrons. The lowest BCUT2D eigenvalue weighted by atomic mass is 10.4. The van der Waals surface area contributed by atoms with Gasteiger partial charge >= 0.3 is 6.18 Å². The second kappa shape index (κ2) is 3.30. The molecule has 0 aliphatic rings. The standard InChI is InChI=1S/C7H4BrF3N4O/c1-2-12-6-13-4(7(9,10)11)3(8)5(16)15(6)14-2/h1H3,(H,12,13,14). The Balaban J connectivity index is 2.89. The van der Waals surface area contributed by atoms with Gasteiger partial charge in [0, 0.05) is 0 Å². The van der Waals surface area contributed by atoms with E-state index in [1.54, 1.807) is 0 Å². The Morgan fingerprint density at radius 3 is 2.56 bits per heavy atom. The molecule has 0 aromatic carbocycles. The van der Waals surface area contributed by atoms with Crippen LogP contribution in [0, 0.1) is 6.92 Å². The molecule has 0 atom stereocenters. The highest BCUT2D eigenvalue weighted by molar-refractivity contribution is 9.10. The van der Waals surface area contributed by atoms with Crippen LogP contribution in [-0.2, 0) is 6.18 Å². The van der Waals surface area contributed by atoms with Gasteiger partial charge in [-0.1, -0.05) is 0 Å². The van der Waals surface area contributed by atoms with Crippen molar-refractivity contribution in [1.82, 2.24) is 19.6 Å². The van der Waals surface area contributed by atoms with Crippen LogP contribution in [0.5, 0.6) is 0 Å². The molecule has 2 aromatic heterocycles. The second-order valence-electron chi connectivity index (χ2n) is 3.02. The molecule has 86 valence electrons. The summed E-state index contributed by atoms with van der Waals surface area (Å²) >= 11 is 2.58. The van der Waals surface area contributed by atoms with Crippen LogP contribution in [0.3, 0.4) is 0 Å². The Labute approximate surface area is 94.4 Å². The smallest absolute Gasteiger partial charge is 0.275 e. The maximum absolute atomic E-state index is 12.5. The lowest BCUT2D eigenvalue weighted by Gasteiger charge is -2.06. The number of aromatic amines is 1. The first-order valence-electron chi connectivity index (χ1n) is 4.03. The number of rotatable bonds is 0. The van der Waals surface area contributed by atoms with E-state index in [9.17, 15) is 18.0 Å². The molecule has 0 aliphatic heterocycles. The van der Waals surface area contributed by atoms with E-state index in [1.807, 2.05) is 0 Å². The summed E-state index contributed by atoms with van der Waals surface area (Å²) in [5.74, 6) is -0.00569. The van der Waals surface area contributed by atoms with E-state index in [-0.39, 0.29) is 5.78 Å². The molecular weight excluding hydrogens is 293 g/mol. The number of halogens is 4. The largest absolute Gasteiger partial charge is 0.434 e. The quantitative estimate of drug-likeness (QED) is 0.801. The highest BCUT2D eigenvalue weighted by atomic mass is 79.9. The Morgan fingerprint density at radius 1 is 1.38 bits per heavy atom. The molecule has 2 heterocycles. The van der Waals surface area contributed by atoms with Crippen molar-refractivity contribution < 1.29 is 13.2 Å². The van der Waals surface area contributed by atoms with Crippen LogP contribution in [0.2, 0.25) is 0 Å². The molecule has 0 aliphatic carbocycles. The van der Waals surface area contributed by atoms with Crippen LogP contribution >= 0.6 is 15.9 Å². The van der Waals surface area contributed by atoms with Crippen LogP contribution < -0.4 is 5.56 Å². The zero-order valence-corrected chi connectivity index (χ0v) is 9.35. The summed E-state index contributed by atoms with van der Waals surface area (Å²) in [4.78, 5) is 18.5. The first kappa shape index (κ1) is 11.1. The van der Waals surface area contributed by atoms with Crippen molar-refractivity contribution in [3.63, 3.8) is 0 Å². The number of fused-ring (bicyclic) bond motifs is 1. The number of aryl methyl sites for hydroxylation is 1. The highest BCUT2D eigenvalue weighted by Crippen LogP contribution is 2.31. The maximum Gasteiger partial charge on any atom is 0.434 e. The molecule has 16 heavy (non-hydrogen) atoms. The Hall–Kier alpha value is -1.38. The van der Waals surface area contributed by atoms with Crippen molar-refractivity contribution in [2.24, 2.45) is 0 Å². The molecule has 0 fully saturated rings. The Kier molecular flexibility index (Phi) is 2.30. The van der Waals surface area contributed by atoms with Crippen LogP contribution in [0.4, 0.5) is 13.2 Å². The van der Waals surface area contributed by atoms with Gasteiger partial charge in [0.25, 0.3) is 11.3 Å². The molecule has 0 saturated heterocycles. The zero-order valence-electron chi connectivity index (χ0n) is 7.76. The van der Waals surface area contributed by atoms with E-state index < -0.39 is 21.9 Å². The number of alkyl halides is 3. The fourth-order valence-electron chi connectivity index (χ4n) is 1.19. The summed E-state index contributed by atoms with van der Waals surface area (Å²) in [5, 5.41) is 2.48. The third-order valence-electron chi connectivity index (χ3n) is 1.82. The van der Waals surface area contributed by atoms with Crippen molar-refractivity contribution >= 4 is 21.7 Å². The summed E-state index contributed by atoms with van der Waals surface area (Å²) in [6, 6.07) is 0. The van der Waals surface area contributed by atoms with Gasteiger partial charge in [0.15, 0.2) is 5.69 Å². The monoisotopic (exact) mass is 296 g/mol. The third kappa shape index (κ3) is 1.60. The van der Waals surface area contributed by atoms with Gasteiger partial charge in [-0.05, 0) is 22.9 Å². The molecule has 0 unspecified atom stereocenters. The van der Waals surface area contributed by atoms with Crippen LogP contribution in [0.1, 0.15) is 11.5 Å². The van der Waals surface area contributed by atoms with Crippen molar-refractivity contribution in [2.75, 3.05) is 0 Å². The van der Waals surface area contributed by atoms with Gasteiger partial charge in [0.05, 0.1) is 0 Å². The van der Waals surface area contributed by atoms with Gasteiger partial charge in [0.1, 0.15) is 10.3 Å². The second-order valence-corrected chi connectivity index (χ2v) is 3.81. The number of aromatic nitrogens is 4. The number of H-pyrrole nitrogens is 1. The van der Waals surface area contributed by atoms with E-state index >= 15 is 0 Å². The minimum Gasteiger partial charge on any atom is -0.275 e. The average molecular weight is 297 g/mol. The first-order valence-corrected chi connectivity index (χ1v) is 4.82. The molecule has 2 aromatic rings. The minimum atomic E-state index is -4.69. The molecule has 0 bridgehead atoms. The lowest BCUT2D eigenvalue weighted by Crippen LogP contribution is -2.22. The molecule has 9 heteroatoms. The summed E-state index contributed by atoms with van der Waals surface area (Å²) in [5.41, 5.74) is -2.15. The molecule has 0 saturated carbocycles. The molecule has 5 nitrogen and oxygen atoms in total. The molecular formula is C7H4BrF3N4O.